The first-order valence-electron chi connectivity index (χ1n) is 6.12. The van der Waals surface area contributed by atoms with Crippen LogP contribution in [0.4, 0.5) is 5.69 Å². The summed E-state index contributed by atoms with van der Waals surface area (Å²) in [7, 11) is 0. The molecule has 0 heterocycles. The van der Waals surface area contributed by atoms with Crippen LogP contribution >= 0.6 is 0 Å². The van der Waals surface area contributed by atoms with Gasteiger partial charge in [-0.3, -0.25) is 4.79 Å². The van der Waals surface area contributed by atoms with Crippen LogP contribution in [0.15, 0.2) is 18.2 Å². The first kappa shape index (κ1) is 13.7. The maximum absolute atomic E-state index is 12.0. The third-order valence-electron chi connectivity index (χ3n) is 3.19. The van der Waals surface area contributed by atoms with E-state index in [4.69, 9.17) is 5.73 Å². The van der Waals surface area contributed by atoms with Crippen molar-refractivity contribution in [3.8, 4) is 0 Å². The van der Waals surface area contributed by atoms with Crippen LogP contribution in [0.5, 0.6) is 0 Å². The second-order valence-electron chi connectivity index (χ2n) is 4.60. The lowest BCUT2D eigenvalue weighted by molar-refractivity contribution is -0.119. The molecule has 3 N–H and O–H groups in total. The van der Waals surface area contributed by atoms with Gasteiger partial charge < -0.3 is 11.1 Å². The Kier molecular flexibility index (Phi) is 4.70. The summed E-state index contributed by atoms with van der Waals surface area (Å²) in [6.07, 6.45) is 0.907. The number of para-hydroxylation sites is 1. The Morgan fingerprint density at radius 1 is 1.41 bits per heavy atom. The fraction of sp³-hybridized carbons (Fsp3) is 0.500. The second kappa shape index (κ2) is 5.82. The molecule has 3 nitrogen and oxygen atoms in total. The Morgan fingerprint density at radius 2 is 2.06 bits per heavy atom. The van der Waals surface area contributed by atoms with Gasteiger partial charge in [-0.1, -0.05) is 32.0 Å². The standard InChI is InChI=1S/C14H22N2O/c1-5-12-8-6-7-9(2)13(12)16-14(17)10(3)11(4)15/h6-8,10-11H,5,15H2,1-4H3,(H,16,17). The zero-order chi connectivity index (χ0) is 13.0. The SMILES string of the molecule is CCc1cccc(C)c1NC(=O)C(C)C(C)N. The Hall–Kier alpha value is -1.35. The lowest BCUT2D eigenvalue weighted by atomic mass is 10.0. The number of carbonyl (C=O) groups is 1. The molecular formula is C14H22N2O. The van der Waals surface area contributed by atoms with Crippen molar-refractivity contribution in [2.45, 2.75) is 40.2 Å². The van der Waals surface area contributed by atoms with Crippen molar-refractivity contribution in [2.75, 3.05) is 5.32 Å². The highest BCUT2D eigenvalue weighted by molar-refractivity contribution is 5.94. The van der Waals surface area contributed by atoms with Gasteiger partial charge in [0.25, 0.3) is 0 Å². The number of benzene rings is 1. The molecule has 3 heteroatoms. The molecule has 0 saturated carbocycles. The maximum Gasteiger partial charge on any atom is 0.228 e. The normalized spacial score (nSPS) is 14.2. The van der Waals surface area contributed by atoms with E-state index in [1.54, 1.807) is 0 Å². The molecule has 0 spiro atoms. The summed E-state index contributed by atoms with van der Waals surface area (Å²) in [4.78, 5) is 12.0. The third kappa shape index (κ3) is 3.30. The molecule has 1 aromatic rings. The van der Waals surface area contributed by atoms with Crippen LogP contribution in [0.2, 0.25) is 0 Å². The van der Waals surface area contributed by atoms with Crippen molar-refractivity contribution in [1.29, 1.82) is 0 Å². The molecule has 1 amide bonds. The molecule has 0 fully saturated rings. The van der Waals surface area contributed by atoms with Crippen molar-refractivity contribution in [3.05, 3.63) is 29.3 Å². The summed E-state index contributed by atoms with van der Waals surface area (Å²) < 4.78 is 0. The van der Waals surface area contributed by atoms with Gasteiger partial charge in [0.15, 0.2) is 0 Å². The molecule has 0 bridgehead atoms. The number of hydrogen-bond donors (Lipinski definition) is 2. The minimum atomic E-state index is -0.181. The van der Waals surface area contributed by atoms with Gasteiger partial charge in [0.1, 0.15) is 0 Å². The van der Waals surface area contributed by atoms with Crippen molar-refractivity contribution in [3.63, 3.8) is 0 Å². The van der Waals surface area contributed by atoms with E-state index in [-0.39, 0.29) is 17.9 Å². The predicted octanol–water partition coefficient (Wildman–Crippen LogP) is 2.48. The van der Waals surface area contributed by atoms with E-state index in [2.05, 4.69) is 12.2 Å². The van der Waals surface area contributed by atoms with Crippen LogP contribution in [-0.4, -0.2) is 11.9 Å². The van der Waals surface area contributed by atoms with Crippen LogP contribution in [0.1, 0.15) is 31.9 Å². The number of aryl methyl sites for hydroxylation is 2. The van der Waals surface area contributed by atoms with E-state index in [0.717, 1.165) is 23.2 Å². The van der Waals surface area contributed by atoms with Crippen LogP contribution < -0.4 is 11.1 Å². The first-order chi connectivity index (χ1) is 7.97. The van der Waals surface area contributed by atoms with Crippen LogP contribution in [0.25, 0.3) is 0 Å². The summed E-state index contributed by atoms with van der Waals surface area (Å²) in [5, 5.41) is 2.99. The number of hydrogen-bond acceptors (Lipinski definition) is 2. The minimum absolute atomic E-state index is 0.0102. The molecule has 1 rings (SSSR count). The fourth-order valence-electron chi connectivity index (χ4n) is 1.68. The molecule has 2 atom stereocenters. The number of nitrogens with one attached hydrogen (secondary N) is 1. The monoisotopic (exact) mass is 234 g/mol. The van der Waals surface area contributed by atoms with E-state index in [0.29, 0.717) is 0 Å². The van der Waals surface area contributed by atoms with E-state index in [1.165, 1.54) is 0 Å². The molecule has 94 valence electrons. The van der Waals surface area contributed by atoms with Crippen LogP contribution in [0.3, 0.4) is 0 Å². The molecular weight excluding hydrogens is 212 g/mol. The maximum atomic E-state index is 12.0. The average Bonchev–Trinajstić information content (AvgIpc) is 2.30. The largest absolute Gasteiger partial charge is 0.327 e. The number of carbonyl (C=O) groups excluding carboxylic acids is 1. The average molecular weight is 234 g/mol. The lowest BCUT2D eigenvalue weighted by Gasteiger charge is -2.18. The lowest BCUT2D eigenvalue weighted by Crippen LogP contribution is -2.34. The van der Waals surface area contributed by atoms with Gasteiger partial charge in [-0.15, -0.1) is 0 Å². The summed E-state index contributed by atoms with van der Waals surface area (Å²) in [5.41, 5.74) is 8.93. The molecule has 0 aliphatic carbocycles. The highest BCUT2D eigenvalue weighted by Crippen LogP contribution is 2.21. The van der Waals surface area contributed by atoms with E-state index in [1.807, 2.05) is 39.0 Å². The van der Waals surface area contributed by atoms with E-state index < -0.39 is 0 Å². The zero-order valence-corrected chi connectivity index (χ0v) is 11.1. The van der Waals surface area contributed by atoms with Gasteiger partial charge in [-0.2, -0.15) is 0 Å². The zero-order valence-electron chi connectivity index (χ0n) is 11.1. The van der Waals surface area contributed by atoms with Gasteiger partial charge in [0.05, 0.1) is 5.92 Å². The molecule has 0 aliphatic heterocycles. The molecule has 0 aromatic heterocycles. The molecule has 0 saturated heterocycles. The molecule has 1 aromatic carbocycles. The van der Waals surface area contributed by atoms with Gasteiger partial charge in [-0.05, 0) is 31.4 Å². The molecule has 2 unspecified atom stereocenters. The van der Waals surface area contributed by atoms with Gasteiger partial charge in [0.2, 0.25) is 5.91 Å². The molecule has 0 aliphatic rings. The van der Waals surface area contributed by atoms with E-state index in [9.17, 15) is 4.79 Å². The Balaban J connectivity index is 2.91. The Morgan fingerprint density at radius 3 is 2.59 bits per heavy atom. The van der Waals surface area contributed by atoms with Crippen molar-refractivity contribution < 1.29 is 4.79 Å². The van der Waals surface area contributed by atoms with Crippen molar-refractivity contribution >= 4 is 11.6 Å². The molecule has 17 heavy (non-hydrogen) atoms. The van der Waals surface area contributed by atoms with Crippen molar-refractivity contribution in [1.82, 2.24) is 0 Å². The quantitative estimate of drug-likeness (QED) is 0.841. The van der Waals surface area contributed by atoms with Gasteiger partial charge in [0, 0.05) is 11.7 Å². The van der Waals surface area contributed by atoms with Crippen LogP contribution in [-0.2, 0) is 11.2 Å². The summed E-state index contributed by atoms with van der Waals surface area (Å²) in [6, 6.07) is 5.92. The van der Waals surface area contributed by atoms with E-state index >= 15 is 0 Å². The topological polar surface area (TPSA) is 55.1 Å². The number of anilines is 1. The van der Waals surface area contributed by atoms with Gasteiger partial charge >= 0.3 is 0 Å². The summed E-state index contributed by atoms with van der Waals surface area (Å²) in [6.45, 7) is 7.79. The number of rotatable bonds is 4. The highest BCUT2D eigenvalue weighted by Gasteiger charge is 2.18. The number of amides is 1. The predicted molar refractivity (Wildman–Crippen MR) is 72.0 cm³/mol. The summed E-state index contributed by atoms with van der Waals surface area (Å²) in [5.74, 6) is -0.191. The number of nitrogens with two attached hydrogens (primary N) is 1. The fourth-order valence-corrected chi connectivity index (χ4v) is 1.68. The van der Waals surface area contributed by atoms with Gasteiger partial charge in [-0.25, -0.2) is 0 Å². The highest BCUT2D eigenvalue weighted by atomic mass is 16.1. The first-order valence-corrected chi connectivity index (χ1v) is 6.12. The Labute approximate surface area is 103 Å². The molecule has 0 radical (unpaired) electrons. The third-order valence-corrected chi connectivity index (χ3v) is 3.19. The van der Waals surface area contributed by atoms with Crippen LogP contribution in [0, 0.1) is 12.8 Å². The Bertz CT molecular complexity index is 399. The summed E-state index contributed by atoms with van der Waals surface area (Å²) >= 11 is 0. The second-order valence-corrected chi connectivity index (χ2v) is 4.60. The van der Waals surface area contributed by atoms with Crippen molar-refractivity contribution in [2.24, 2.45) is 11.7 Å². The minimum Gasteiger partial charge on any atom is -0.327 e. The smallest absolute Gasteiger partial charge is 0.228 e.